The summed E-state index contributed by atoms with van der Waals surface area (Å²) in [7, 11) is 0. The molecule has 1 N–H and O–H groups in total. The fourth-order valence-corrected chi connectivity index (χ4v) is 3.47. The quantitative estimate of drug-likeness (QED) is 0.420. The fraction of sp³-hybridized carbons (Fsp3) is 0.409. The Bertz CT molecular complexity index is 870. The molecule has 1 aliphatic heterocycles. The minimum Gasteiger partial charge on any atom is -0.484 e. The summed E-state index contributed by atoms with van der Waals surface area (Å²) < 4.78 is 23.0. The summed E-state index contributed by atoms with van der Waals surface area (Å²) in [6, 6.07) is 11.8. The zero-order chi connectivity index (χ0) is 21.0. The molecule has 156 valence electrons. The molecule has 0 saturated carbocycles. The number of halogens is 1. The van der Waals surface area contributed by atoms with E-state index in [1.165, 1.54) is 0 Å². The van der Waals surface area contributed by atoms with Crippen molar-refractivity contribution in [2.24, 2.45) is 0 Å². The number of carbonyl (C=O) groups is 1. The molecule has 0 amide bonds. The topological polar surface area (TPSA) is 74.2 Å². The third-order valence-electron chi connectivity index (χ3n) is 4.84. The lowest BCUT2D eigenvalue weighted by molar-refractivity contribution is -0.290. The largest absolute Gasteiger partial charge is 0.484 e. The van der Waals surface area contributed by atoms with Crippen LogP contribution < -0.4 is 4.74 Å². The van der Waals surface area contributed by atoms with Crippen molar-refractivity contribution in [3.8, 4) is 5.75 Å². The van der Waals surface area contributed by atoms with Gasteiger partial charge in [0.2, 0.25) is 0 Å². The van der Waals surface area contributed by atoms with Crippen LogP contribution in [0.2, 0.25) is 0 Å². The molecule has 0 aliphatic carbocycles. The zero-order valence-corrected chi connectivity index (χ0v) is 17.2. The Morgan fingerprint density at radius 2 is 2.03 bits per heavy atom. The first-order valence-electron chi connectivity index (χ1n) is 9.42. The van der Waals surface area contributed by atoms with Gasteiger partial charge in [0.05, 0.1) is 12.7 Å². The summed E-state index contributed by atoms with van der Waals surface area (Å²) in [5, 5.41) is 12.9. The van der Waals surface area contributed by atoms with Gasteiger partial charge in [0.15, 0.2) is 18.5 Å². The highest BCUT2D eigenvalue weighted by atomic mass is 35.5. The van der Waals surface area contributed by atoms with Gasteiger partial charge in [-0.15, -0.1) is 18.2 Å². The number of aryl methyl sites for hydroxylation is 1. The maximum atomic E-state index is 11.8. The van der Waals surface area contributed by atoms with E-state index in [0.717, 1.165) is 16.3 Å². The Morgan fingerprint density at radius 1 is 1.28 bits per heavy atom. The summed E-state index contributed by atoms with van der Waals surface area (Å²) in [4.78, 5) is 11.8. The molecule has 5 atom stereocenters. The SMILES string of the molecule is C=CCO[C@@H]1O[C@@H](C)[C@H](Oc2c(C)ccc3ccccc23)[C@@H](O)[C@H]1OC(=O)CCl. The van der Waals surface area contributed by atoms with Crippen molar-refractivity contribution in [3.05, 3.63) is 54.6 Å². The number of hydrogen-bond donors (Lipinski definition) is 1. The molecular weight excluding hydrogens is 396 g/mol. The van der Waals surface area contributed by atoms with E-state index in [9.17, 15) is 9.90 Å². The maximum absolute atomic E-state index is 11.8. The van der Waals surface area contributed by atoms with Crippen LogP contribution >= 0.6 is 11.6 Å². The van der Waals surface area contributed by atoms with E-state index in [-0.39, 0.29) is 12.5 Å². The second-order valence-corrected chi connectivity index (χ2v) is 7.19. The molecule has 6 nitrogen and oxygen atoms in total. The van der Waals surface area contributed by atoms with E-state index in [1.54, 1.807) is 13.0 Å². The number of benzene rings is 2. The number of esters is 1. The van der Waals surface area contributed by atoms with Crippen LogP contribution in [0.15, 0.2) is 49.1 Å². The maximum Gasteiger partial charge on any atom is 0.321 e. The van der Waals surface area contributed by atoms with Gasteiger partial charge in [-0.05, 0) is 24.8 Å². The van der Waals surface area contributed by atoms with Crippen LogP contribution in [0.1, 0.15) is 12.5 Å². The van der Waals surface area contributed by atoms with Crippen molar-refractivity contribution < 1.29 is 28.8 Å². The highest BCUT2D eigenvalue weighted by molar-refractivity contribution is 6.26. The first kappa shape index (κ1) is 21.6. The number of hydrogen-bond acceptors (Lipinski definition) is 6. The molecular formula is C22H25ClO6. The highest BCUT2D eigenvalue weighted by Gasteiger charge is 2.48. The van der Waals surface area contributed by atoms with E-state index in [2.05, 4.69) is 6.58 Å². The first-order valence-corrected chi connectivity index (χ1v) is 9.96. The predicted octanol–water partition coefficient (Wildman–Crippen LogP) is 3.35. The van der Waals surface area contributed by atoms with Crippen LogP contribution in [-0.2, 0) is 19.0 Å². The second kappa shape index (κ2) is 9.59. The van der Waals surface area contributed by atoms with Gasteiger partial charge in [-0.3, -0.25) is 4.79 Å². The molecule has 0 bridgehead atoms. The molecule has 1 fully saturated rings. The van der Waals surface area contributed by atoms with Crippen LogP contribution in [0, 0.1) is 6.92 Å². The lowest BCUT2D eigenvalue weighted by Crippen LogP contribution is -2.60. The smallest absolute Gasteiger partial charge is 0.321 e. The number of aliphatic hydroxyl groups excluding tert-OH is 1. The molecule has 0 aromatic heterocycles. The van der Waals surface area contributed by atoms with Gasteiger partial charge in [-0.25, -0.2) is 0 Å². The zero-order valence-electron chi connectivity index (χ0n) is 16.4. The average Bonchev–Trinajstić information content (AvgIpc) is 2.73. The second-order valence-electron chi connectivity index (χ2n) is 6.93. The van der Waals surface area contributed by atoms with E-state index in [0.29, 0.717) is 5.75 Å². The number of alkyl halides is 1. The van der Waals surface area contributed by atoms with Crippen LogP contribution in [0.25, 0.3) is 10.8 Å². The summed E-state index contributed by atoms with van der Waals surface area (Å²) in [5.74, 6) is -0.377. The molecule has 7 heteroatoms. The monoisotopic (exact) mass is 420 g/mol. The van der Waals surface area contributed by atoms with Crippen molar-refractivity contribution >= 4 is 28.3 Å². The average molecular weight is 421 g/mol. The van der Waals surface area contributed by atoms with Crippen LogP contribution in [0.3, 0.4) is 0 Å². The Hall–Kier alpha value is -2.12. The van der Waals surface area contributed by atoms with E-state index < -0.39 is 36.7 Å². The minimum atomic E-state index is -1.18. The Morgan fingerprint density at radius 3 is 2.76 bits per heavy atom. The predicted molar refractivity (Wildman–Crippen MR) is 110 cm³/mol. The Balaban J connectivity index is 1.90. The molecule has 1 saturated heterocycles. The van der Waals surface area contributed by atoms with E-state index in [4.69, 9.17) is 30.5 Å². The lowest BCUT2D eigenvalue weighted by Gasteiger charge is -2.42. The molecule has 1 aliphatic rings. The van der Waals surface area contributed by atoms with Crippen molar-refractivity contribution in [1.29, 1.82) is 0 Å². The van der Waals surface area contributed by atoms with Gasteiger partial charge in [0, 0.05) is 5.39 Å². The number of fused-ring (bicyclic) bond motifs is 1. The van der Waals surface area contributed by atoms with E-state index >= 15 is 0 Å². The third-order valence-corrected chi connectivity index (χ3v) is 5.06. The summed E-state index contributed by atoms with van der Waals surface area (Å²) in [6.45, 7) is 7.48. The third kappa shape index (κ3) is 4.73. The van der Waals surface area contributed by atoms with Crippen molar-refractivity contribution in [2.75, 3.05) is 12.5 Å². The Kier molecular flexibility index (Phi) is 7.14. The number of ether oxygens (including phenoxy) is 4. The molecule has 2 aromatic carbocycles. The summed E-state index contributed by atoms with van der Waals surface area (Å²) in [5.41, 5.74) is 0.919. The number of aliphatic hydroxyl groups is 1. The van der Waals surface area contributed by atoms with Gasteiger partial charge in [0.1, 0.15) is 17.7 Å². The molecule has 0 radical (unpaired) electrons. The fourth-order valence-electron chi connectivity index (χ4n) is 3.41. The molecule has 1 heterocycles. The van der Waals surface area contributed by atoms with Crippen LogP contribution in [0.5, 0.6) is 5.75 Å². The molecule has 29 heavy (non-hydrogen) atoms. The van der Waals surface area contributed by atoms with Crippen molar-refractivity contribution in [2.45, 2.75) is 44.6 Å². The van der Waals surface area contributed by atoms with Gasteiger partial charge < -0.3 is 24.1 Å². The number of rotatable bonds is 7. The summed E-state index contributed by atoms with van der Waals surface area (Å²) >= 11 is 5.57. The van der Waals surface area contributed by atoms with Gasteiger partial charge in [-0.2, -0.15) is 0 Å². The normalized spacial score (nSPS) is 26.8. The van der Waals surface area contributed by atoms with Crippen molar-refractivity contribution in [1.82, 2.24) is 0 Å². The molecule has 0 spiro atoms. The summed E-state index contributed by atoms with van der Waals surface area (Å²) in [6.07, 6.45) is -2.99. The van der Waals surface area contributed by atoms with Crippen molar-refractivity contribution in [3.63, 3.8) is 0 Å². The molecule has 0 unspecified atom stereocenters. The van der Waals surface area contributed by atoms with Gasteiger partial charge in [0.25, 0.3) is 0 Å². The Labute approximate surface area is 175 Å². The molecule has 3 rings (SSSR count). The molecule has 2 aromatic rings. The van der Waals surface area contributed by atoms with Gasteiger partial charge >= 0.3 is 5.97 Å². The standard InChI is InChI=1S/C22H25ClO6/c1-4-11-26-22-21(28-17(24)12-23)18(25)20(14(3)27-22)29-19-13(2)9-10-15-7-5-6-8-16(15)19/h4-10,14,18,20-22,25H,1,11-12H2,2-3H3/t14-,18+,20-,21+,22+/m0/s1. The van der Waals surface area contributed by atoms with Crippen LogP contribution in [-0.4, -0.2) is 54.3 Å². The first-order chi connectivity index (χ1) is 14.0. The minimum absolute atomic E-state index is 0.174. The van der Waals surface area contributed by atoms with E-state index in [1.807, 2.05) is 43.3 Å². The van der Waals surface area contributed by atoms with Crippen LogP contribution in [0.4, 0.5) is 0 Å². The number of carbonyl (C=O) groups excluding carboxylic acids is 1. The lowest BCUT2D eigenvalue weighted by atomic mass is 9.98. The van der Waals surface area contributed by atoms with Gasteiger partial charge in [-0.1, -0.05) is 42.5 Å². The highest BCUT2D eigenvalue weighted by Crippen LogP contribution is 2.34.